The van der Waals surface area contributed by atoms with Gasteiger partial charge in [0.15, 0.2) is 5.78 Å². The first kappa shape index (κ1) is 14.1. The Balaban J connectivity index is 2.09. The summed E-state index contributed by atoms with van der Waals surface area (Å²) >= 11 is 0. The first-order valence-electron chi connectivity index (χ1n) is 6.68. The van der Waals surface area contributed by atoms with E-state index in [2.05, 4.69) is 0 Å². The number of aryl methyl sites for hydroxylation is 1. The highest BCUT2D eigenvalue weighted by Crippen LogP contribution is 2.32. The van der Waals surface area contributed by atoms with Gasteiger partial charge in [0.25, 0.3) is 0 Å². The van der Waals surface area contributed by atoms with E-state index in [-0.39, 0.29) is 22.8 Å². The quantitative estimate of drug-likeness (QED) is 0.818. The van der Waals surface area contributed by atoms with Crippen LogP contribution in [-0.2, 0) is 12.8 Å². The molecule has 3 nitrogen and oxygen atoms in total. The molecule has 2 rings (SSSR count). The summed E-state index contributed by atoms with van der Waals surface area (Å²) in [5, 5.41) is 19.9. The second kappa shape index (κ2) is 6.24. The molecule has 20 heavy (non-hydrogen) atoms. The van der Waals surface area contributed by atoms with E-state index in [0.29, 0.717) is 12.0 Å². The van der Waals surface area contributed by atoms with Crippen LogP contribution in [0.15, 0.2) is 42.5 Å². The summed E-state index contributed by atoms with van der Waals surface area (Å²) in [7, 11) is 0. The fourth-order valence-corrected chi connectivity index (χ4v) is 2.27. The van der Waals surface area contributed by atoms with Crippen molar-refractivity contribution >= 4 is 5.78 Å². The molecule has 2 N–H and O–H groups in total. The average molecular weight is 270 g/mol. The third-order valence-corrected chi connectivity index (χ3v) is 3.37. The summed E-state index contributed by atoms with van der Waals surface area (Å²) in [5.41, 5.74) is 1.93. The van der Waals surface area contributed by atoms with E-state index in [0.717, 1.165) is 12.8 Å². The van der Waals surface area contributed by atoms with Crippen LogP contribution in [0.3, 0.4) is 0 Å². The van der Waals surface area contributed by atoms with Gasteiger partial charge in [0.1, 0.15) is 11.5 Å². The van der Waals surface area contributed by atoms with Gasteiger partial charge in [0, 0.05) is 5.56 Å². The first-order chi connectivity index (χ1) is 9.59. The van der Waals surface area contributed by atoms with Crippen molar-refractivity contribution in [3.63, 3.8) is 0 Å². The highest BCUT2D eigenvalue weighted by Gasteiger charge is 2.14. The molecule has 0 saturated heterocycles. The molecule has 2 aromatic carbocycles. The monoisotopic (exact) mass is 270 g/mol. The number of ketones is 1. The van der Waals surface area contributed by atoms with Crippen LogP contribution in [0.1, 0.15) is 34.8 Å². The molecule has 0 aliphatic heterocycles. The van der Waals surface area contributed by atoms with Crippen molar-refractivity contribution in [3.05, 3.63) is 59.2 Å². The maximum absolute atomic E-state index is 11.4. The molecule has 0 saturated carbocycles. The molecular weight excluding hydrogens is 252 g/mol. The van der Waals surface area contributed by atoms with Crippen LogP contribution >= 0.6 is 0 Å². The molecule has 0 aromatic heterocycles. The van der Waals surface area contributed by atoms with Gasteiger partial charge >= 0.3 is 0 Å². The number of phenolic OH excluding ortho intramolecular Hbond substituents is 2. The topological polar surface area (TPSA) is 57.5 Å². The normalized spacial score (nSPS) is 10.4. The summed E-state index contributed by atoms with van der Waals surface area (Å²) in [6.45, 7) is 1.40. The molecule has 0 spiro atoms. The number of aromatic hydroxyl groups is 2. The fourth-order valence-electron chi connectivity index (χ4n) is 2.27. The zero-order valence-electron chi connectivity index (χ0n) is 11.5. The lowest BCUT2D eigenvalue weighted by atomic mass is 9.99. The van der Waals surface area contributed by atoms with Crippen LogP contribution < -0.4 is 0 Å². The average Bonchev–Trinajstić information content (AvgIpc) is 2.43. The molecule has 0 atom stereocenters. The van der Waals surface area contributed by atoms with E-state index in [1.807, 2.05) is 30.3 Å². The maximum Gasteiger partial charge on any atom is 0.163 e. The summed E-state index contributed by atoms with van der Waals surface area (Å²) in [4.78, 5) is 11.4. The third-order valence-electron chi connectivity index (χ3n) is 3.37. The van der Waals surface area contributed by atoms with Crippen molar-refractivity contribution in [2.75, 3.05) is 0 Å². The van der Waals surface area contributed by atoms with Gasteiger partial charge in [-0.25, -0.2) is 0 Å². The van der Waals surface area contributed by atoms with Gasteiger partial charge in [-0.3, -0.25) is 4.79 Å². The van der Waals surface area contributed by atoms with E-state index < -0.39 is 0 Å². The predicted molar refractivity (Wildman–Crippen MR) is 78.2 cm³/mol. The van der Waals surface area contributed by atoms with Crippen molar-refractivity contribution < 1.29 is 15.0 Å². The van der Waals surface area contributed by atoms with Gasteiger partial charge in [-0.05, 0) is 43.9 Å². The zero-order valence-corrected chi connectivity index (χ0v) is 11.5. The molecule has 104 valence electrons. The smallest absolute Gasteiger partial charge is 0.163 e. The number of rotatable bonds is 5. The lowest BCUT2D eigenvalue weighted by molar-refractivity contribution is 0.101. The summed E-state index contributed by atoms with van der Waals surface area (Å²) in [6, 6.07) is 13.0. The molecule has 0 aliphatic carbocycles. The lowest BCUT2D eigenvalue weighted by Gasteiger charge is -2.10. The van der Waals surface area contributed by atoms with Gasteiger partial charge < -0.3 is 10.2 Å². The Kier molecular flexibility index (Phi) is 4.41. The van der Waals surface area contributed by atoms with Crippen LogP contribution in [-0.4, -0.2) is 16.0 Å². The number of benzene rings is 2. The summed E-state index contributed by atoms with van der Waals surface area (Å²) < 4.78 is 0. The van der Waals surface area contributed by atoms with E-state index in [1.54, 1.807) is 0 Å². The van der Waals surface area contributed by atoms with E-state index >= 15 is 0 Å². The molecular formula is C17H18O3. The Bertz CT molecular complexity index is 603. The number of Topliss-reactive ketones (excluding diaryl/α,β-unsaturated/α-hetero) is 1. The Morgan fingerprint density at radius 3 is 2.35 bits per heavy atom. The lowest BCUT2D eigenvalue weighted by Crippen LogP contribution is -1.98. The van der Waals surface area contributed by atoms with Crippen molar-refractivity contribution in [3.8, 4) is 11.5 Å². The van der Waals surface area contributed by atoms with Gasteiger partial charge in [-0.1, -0.05) is 30.3 Å². The molecule has 2 aromatic rings. The Morgan fingerprint density at radius 1 is 1.00 bits per heavy atom. The van der Waals surface area contributed by atoms with Crippen molar-refractivity contribution in [2.24, 2.45) is 0 Å². The second-order valence-electron chi connectivity index (χ2n) is 4.85. The number of carbonyl (C=O) groups is 1. The SMILES string of the molecule is CC(=O)c1ccc(O)c(CCCc2ccccc2)c1O. The third kappa shape index (κ3) is 3.18. The van der Waals surface area contributed by atoms with Crippen molar-refractivity contribution in [2.45, 2.75) is 26.2 Å². The van der Waals surface area contributed by atoms with Crippen LogP contribution in [0.5, 0.6) is 11.5 Å². The number of hydrogen-bond donors (Lipinski definition) is 2. The largest absolute Gasteiger partial charge is 0.508 e. The van der Waals surface area contributed by atoms with Gasteiger partial charge in [0.05, 0.1) is 5.56 Å². The molecule has 0 bridgehead atoms. The molecule has 0 unspecified atom stereocenters. The summed E-state index contributed by atoms with van der Waals surface area (Å²) in [6.07, 6.45) is 2.20. The van der Waals surface area contributed by atoms with Crippen LogP contribution in [0, 0.1) is 0 Å². The molecule has 0 aliphatic rings. The van der Waals surface area contributed by atoms with E-state index in [4.69, 9.17) is 0 Å². The minimum Gasteiger partial charge on any atom is -0.508 e. The molecule has 0 amide bonds. The minimum atomic E-state index is -0.202. The fraction of sp³-hybridized carbons (Fsp3) is 0.235. The predicted octanol–water partition coefficient (Wildman–Crippen LogP) is 3.48. The molecule has 0 fully saturated rings. The number of carbonyl (C=O) groups excluding carboxylic acids is 1. The molecule has 3 heteroatoms. The standard InChI is InChI=1S/C17H18O3/c1-12(18)14-10-11-16(19)15(17(14)20)9-5-8-13-6-3-2-4-7-13/h2-4,6-7,10-11,19-20H,5,8-9H2,1H3. The Labute approximate surface area is 118 Å². The first-order valence-corrected chi connectivity index (χ1v) is 6.68. The van der Waals surface area contributed by atoms with E-state index in [1.165, 1.54) is 24.6 Å². The van der Waals surface area contributed by atoms with Crippen molar-refractivity contribution in [1.82, 2.24) is 0 Å². The van der Waals surface area contributed by atoms with Gasteiger partial charge in [-0.15, -0.1) is 0 Å². The number of phenols is 2. The Morgan fingerprint density at radius 2 is 1.70 bits per heavy atom. The zero-order chi connectivity index (χ0) is 14.5. The maximum atomic E-state index is 11.4. The molecule has 0 heterocycles. The Hall–Kier alpha value is -2.29. The number of hydrogen-bond acceptors (Lipinski definition) is 3. The van der Waals surface area contributed by atoms with Crippen LogP contribution in [0.25, 0.3) is 0 Å². The van der Waals surface area contributed by atoms with Gasteiger partial charge in [-0.2, -0.15) is 0 Å². The van der Waals surface area contributed by atoms with Gasteiger partial charge in [0.2, 0.25) is 0 Å². The van der Waals surface area contributed by atoms with Crippen LogP contribution in [0.4, 0.5) is 0 Å². The van der Waals surface area contributed by atoms with Crippen LogP contribution in [0.2, 0.25) is 0 Å². The minimum absolute atomic E-state index is 0.0422. The summed E-state index contributed by atoms with van der Waals surface area (Å²) in [5.74, 6) is -0.252. The van der Waals surface area contributed by atoms with E-state index in [9.17, 15) is 15.0 Å². The van der Waals surface area contributed by atoms with Crippen molar-refractivity contribution in [1.29, 1.82) is 0 Å². The highest BCUT2D eigenvalue weighted by atomic mass is 16.3. The second-order valence-corrected chi connectivity index (χ2v) is 4.85. The highest BCUT2D eigenvalue weighted by molar-refractivity contribution is 5.97. The molecule has 0 radical (unpaired) electrons.